The predicted molar refractivity (Wildman–Crippen MR) is 60.8 cm³/mol. The minimum Gasteiger partial charge on any atom is -0.449 e. The highest BCUT2D eigenvalue weighted by Crippen LogP contribution is 2.10. The number of hydrazone groups is 1. The summed E-state index contributed by atoms with van der Waals surface area (Å²) in [6, 6.07) is 5.75. The number of nitro benzene ring substituents is 1. The third-order valence-corrected chi connectivity index (χ3v) is 1.75. The average molecular weight is 237 g/mol. The van der Waals surface area contributed by atoms with E-state index >= 15 is 0 Å². The number of hydrogen-bond donors (Lipinski definition) is 1. The molecule has 0 saturated carbocycles. The molecule has 0 aliphatic carbocycles. The summed E-state index contributed by atoms with van der Waals surface area (Å²) in [5.74, 6) is 0. The second-order valence-electron chi connectivity index (χ2n) is 2.94. The van der Waals surface area contributed by atoms with Gasteiger partial charge in [-0.15, -0.1) is 0 Å². The smallest absolute Gasteiger partial charge is 0.427 e. The summed E-state index contributed by atoms with van der Waals surface area (Å²) < 4.78 is 4.58. The summed E-state index contributed by atoms with van der Waals surface area (Å²) in [6.07, 6.45) is 0.714. The van der Waals surface area contributed by atoms with Crippen LogP contribution in [0.2, 0.25) is 0 Å². The van der Waals surface area contributed by atoms with Crippen molar-refractivity contribution >= 4 is 18.0 Å². The molecule has 17 heavy (non-hydrogen) atoms. The van der Waals surface area contributed by atoms with E-state index in [1.54, 1.807) is 6.92 Å². The van der Waals surface area contributed by atoms with Crippen LogP contribution in [0, 0.1) is 10.1 Å². The fourth-order valence-electron chi connectivity index (χ4n) is 1.00. The number of carbonyl (C=O) groups is 1. The van der Waals surface area contributed by atoms with Crippen molar-refractivity contribution in [3.8, 4) is 0 Å². The van der Waals surface area contributed by atoms with Crippen molar-refractivity contribution in [1.82, 2.24) is 5.43 Å². The molecule has 0 aliphatic rings. The summed E-state index contributed by atoms with van der Waals surface area (Å²) in [6.45, 7) is 1.94. The third-order valence-electron chi connectivity index (χ3n) is 1.75. The number of benzene rings is 1. The van der Waals surface area contributed by atoms with Crippen LogP contribution in [0.1, 0.15) is 12.5 Å². The second kappa shape index (κ2) is 6.21. The van der Waals surface area contributed by atoms with Gasteiger partial charge in [-0.1, -0.05) is 0 Å². The van der Waals surface area contributed by atoms with E-state index in [0.717, 1.165) is 0 Å². The summed E-state index contributed by atoms with van der Waals surface area (Å²) in [4.78, 5) is 20.7. The quantitative estimate of drug-likeness (QED) is 0.489. The van der Waals surface area contributed by atoms with Crippen molar-refractivity contribution < 1.29 is 14.5 Å². The van der Waals surface area contributed by atoms with Crippen LogP contribution in [-0.4, -0.2) is 23.8 Å². The molecule has 0 saturated heterocycles. The predicted octanol–water partition coefficient (Wildman–Crippen LogP) is 1.67. The molecule has 1 amide bonds. The minimum absolute atomic E-state index is 0.000465. The molecule has 0 aromatic heterocycles. The molecule has 0 spiro atoms. The highest BCUT2D eigenvalue weighted by Gasteiger charge is 2.02. The van der Waals surface area contributed by atoms with Gasteiger partial charge in [0.05, 0.1) is 17.7 Å². The molecule has 1 rings (SSSR count). The average Bonchev–Trinajstić information content (AvgIpc) is 2.30. The Balaban J connectivity index is 2.54. The molecule has 0 heterocycles. The number of ether oxygens (including phenoxy) is 1. The normalized spacial score (nSPS) is 10.2. The second-order valence-corrected chi connectivity index (χ2v) is 2.94. The van der Waals surface area contributed by atoms with Crippen LogP contribution in [0.5, 0.6) is 0 Å². The van der Waals surface area contributed by atoms with Crippen LogP contribution in [0.4, 0.5) is 10.5 Å². The lowest BCUT2D eigenvalue weighted by Gasteiger charge is -1.98. The Labute approximate surface area is 97.2 Å². The topological polar surface area (TPSA) is 93.8 Å². The maximum atomic E-state index is 10.8. The van der Waals surface area contributed by atoms with Crippen LogP contribution >= 0.6 is 0 Å². The van der Waals surface area contributed by atoms with Crippen molar-refractivity contribution in [1.29, 1.82) is 0 Å². The Morgan fingerprint density at radius 3 is 2.71 bits per heavy atom. The first kappa shape index (κ1) is 12.6. The molecule has 90 valence electrons. The van der Waals surface area contributed by atoms with E-state index in [2.05, 4.69) is 15.3 Å². The number of nitrogens with one attached hydrogen (secondary N) is 1. The van der Waals surface area contributed by atoms with Gasteiger partial charge in [-0.05, 0) is 24.6 Å². The maximum absolute atomic E-state index is 10.8. The van der Waals surface area contributed by atoms with Crippen molar-refractivity contribution in [2.24, 2.45) is 5.10 Å². The first-order valence-corrected chi connectivity index (χ1v) is 4.83. The molecular formula is C10H11N3O4. The lowest BCUT2D eigenvalue weighted by atomic mass is 10.2. The molecule has 7 nitrogen and oxygen atoms in total. The number of carbonyl (C=O) groups excluding carboxylic acids is 1. The van der Waals surface area contributed by atoms with E-state index in [-0.39, 0.29) is 12.3 Å². The highest BCUT2D eigenvalue weighted by molar-refractivity contribution is 5.81. The van der Waals surface area contributed by atoms with E-state index in [9.17, 15) is 14.9 Å². The van der Waals surface area contributed by atoms with Gasteiger partial charge in [0, 0.05) is 12.1 Å². The summed E-state index contributed by atoms with van der Waals surface area (Å²) in [5.41, 5.74) is 2.78. The summed E-state index contributed by atoms with van der Waals surface area (Å²) >= 11 is 0. The number of amides is 1. The zero-order chi connectivity index (χ0) is 12.7. The van der Waals surface area contributed by atoms with Crippen LogP contribution in [0.3, 0.4) is 0 Å². The monoisotopic (exact) mass is 237 g/mol. The van der Waals surface area contributed by atoms with Gasteiger partial charge in [0.2, 0.25) is 0 Å². The Morgan fingerprint density at radius 1 is 1.53 bits per heavy atom. The first-order chi connectivity index (χ1) is 8.13. The van der Waals surface area contributed by atoms with Crippen molar-refractivity contribution in [2.75, 3.05) is 6.61 Å². The van der Waals surface area contributed by atoms with Crippen LogP contribution in [0.15, 0.2) is 29.4 Å². The molecular weight excluding hydrogens is 226 g/mol. The number of rotatable bonds is 4. The van der Waals surface area contributed by atoms with E-state index in [1.807, 2.05) is 0 Å². The Kier molecular flexibility index (Phi) is 4.61. The van der Waals surface area contributed by atoms with Crippen molar-refractivity contribution in [3.63, 3.8) is 0 Å². The van der Waals surface area contributed by atoms with Gasteiger partial charge in [0.1, 0.15) is 0 Å². The van der Waals surface area contributed by atoms with E-state index < -0.39 is 11.0 Å². The Bertz CT molecular complexity index is 428. The van der Waals surface area contributed by atoms with Gasteiger partial charge in [-0.3, -0.25) is 10.1 Å². The fraction of sp³-hybridized carbons (Fsp3) is 0.200. The molecule has 0 aliphatic heterocycles. The molecule has 1 N–H and O–H groups in total. The van der Waals surface area contributed by atoms with Gasteiger partial charge in [0.15, 0.2) is 0 Å². The molecule has 0 unspecified atom stereocenters. The first-order valence-electron chi connectivity index (χ1n) is 4.83. The maximum Gasteiger partial charge on any atom is 0.427 e. The molecule has 7 heteroatoms. The zero-order valence-electron chi connectivity index (χ0n) is 9.12. The molecule has 0 fully saturated rings. The van der Waals surface area contributed by atoms with E-state index in [4.69, 9.17) is 0 Å². The van der Waals surface area contributed by atoms with Crippen LogP contribution in [-0.2, 0) is 4.74 Å². The standard InChI is InChI=1S/C10H11N3O4/c1-2-17-10(14)12-11-7-8-3-5-9(6-4-8)13(15)16/h3-7H,2H2,1H3,(H,12,14)/b11-7-. The zero-order valence-corrected chi connectivity index (χ0v) is 9.12. The number of nitrogens with zero attached hydrogens (tertiary/aromatic N) is 2. The molecule has 1 aromatic rings. The minimum atomic E-state index is -0.648. The van der Waals surface area contributed by atoms with Crippen molar-refractivity contribution in [2.45, 2.75) is 6.92 Å². The lowest BCUT2D eigenvalue weighted by Crippen LogP contribution is -2.18. The molecule has 1 aromatic carbocycles. The van der Waals surface area contributed by atoms with Crippen LogP contribution < -0.4 is 5.43 Å². The largest absolute Gasteiger partial charge is 0.449 e. The highest BCUT2D eigenvalue weighted by atomic mass is 16.6. The summed E-state index contributed by atoms with van der Waals surface area (Å²) in [5, 5.41) is 14.0. The molecule has 0 radical (unpaired) electrons. The van der Waals surface area contributed by atoms with Gasteiger partial charge in [-0.2, -0.15) is 5.10 Å². The number of nitro groups is 1. The lowest BCUT2D eigenvalue weighted by molar-refractivity contribution is -0.384. The van der Waals surface area contributed by atoms with E-state index in [0.29, 0.717) is 5.56 Å². The van der Waals surface area contributed by atoms with Gasteiger partial charge < -0.3 is 4.74 Å². The van der Waals surface area contributed by atoms with Gasteiger partial charge in [-0.25, -0.2) is 10.2 Å². The number of hydrogen-bond acceptors (Lipinski definition) is 5. The van der Waals surface area contributed by atoms with Gasteiger partial charge >= 0.3 is 6.09 Å². The van der Waals surface area contributed by atoms with Gasteiger partial charge in [0.25, 0.3) is 5.69 Å². The van der Waals surface area contributed by atoms with Crippen molar-refractivity contribution in [3.05, 3.63) is 39.9 Å². The molecule has 0 atom stereocenters. The number of non-ortho nitro benzene ring substituents is 1. The molecule has 0 bridgehead atoms. The third kappa shape index (κ3) is 4.29. The Morgan fingerprint density at radius 2 is 2.18 bits per heavy atom. The fourth-order valence-corrected chi connectivity index (χ4v) is 1.00. The Hall–Kier alpha value is -2.44. The summed E-state index contributed by atoms with van der Waals surface area (Å²) in [7, 11) is 0. The van der Waals surface area contributed by atoms with E-state index in [1.165, 1.54) is 30.5 Å². The SMILES string of the molecule is CCOC(=O)N/N=C\c1ccc([N+](=O)[O-])cc1. The van der Waals surface area contributed by atoms with Crippen LogP contribution in [0.25, 0.3) is 0 Å².